The van der Waals surface area contributed by atoms with Crippen LogP contribution in [-0.2, 0) is 17.9 Å². The molecule has 1 aromatic heterocycles. The number of anilines is 1. The van der Waals surface area contributed by atoms with Crippen LogP contribution >= 0.6 is 24.0 Å². The van der Waals surface area contributed by atoms with E-state index in [1.54, 1.807) is 11.0 Å². The number of carbonyl (C=O) groups excluding carboxylic acids is 1. The maximum Gasteiger partial charge on any atom is 0.266 e. The van der Waals surface area contributed by atoms with Gasteiger partial charge in [0.05, 0.1) is 28.2 Å². The first-order chi connectivity index (χ1) is 17.0. The first-order valence-corrected chi connectivity index (χ1v) is 13.4. The molecular formula is C28H29N3O2S2. The summed E-state index contributed by atoms with van der Waals surface area (Å²) in [5, 5.41) is 1.05. The van der Waals surface area contributed by atoms with Crippen LogP contribution < -0.4 is 10.5 Å². The number of amides is 1. The van der Waals surface area contributed by atoms with Gasteiger partial charge in [0.15, 0.2) is 0 Å². The highest BCUT2D eigenvalue weighted by Crippen LogP contribution is 2.37. The fraction of sp³-hybridized carbons (Fsp3) is 0.321. The summed E-state index contributed by atoms with van der Waals surface area (Å²) in [5.41, 5.74) is 4.61. The van der Waals surface area contributed by atoms with Crippen LogP contribution in [0.15, 0.2) is 58.2 Å². The number of rotatable bonds is 5. The third-order valence-corrected chi connectivity index (χ3v) is 8.16. The van der Waals surface area contributed by atoms with Crippen LogP contribution in [-0.4, -0.2) is 32.8 Å². The SMILES string of the molecule is CCn1c(=O)c(C=C2SC(=S)N(Cc3ccc(C)cc3)C2=O)c(N2CCCCC2)c2ccccc21. The van der Waals surface area contributed by atoms with Gasteiger partial charge in [0, 0.05) is 25.0 Å². The molecule has 3 heterocycles. The van der Waals surface area contributed by atoms with Gasteiger partial charge in [0.1, 0.15) is 4.32 Å². The molecule has 180 valence electrons. The number of aryl methyl sites for hydroxylation is 2. The number of nitrogens with zero attached hydrogens (tertiary/aromatic N) is 3. The van der Waals surface area contributed by atoms with Gasteiger partial charge in [-0.25, -0.2) is 0 Å². The second-order valence-corrected chi connectivity index (χ2v) is 10.8. The van der Waals surface area contributed by atoms with Gasteiger partial charge in [0.2, 0.25) is 0 Å². The van der Waals surface area contributed by atoms with Crippen molar-refractivity contribution in [2.45, 2.75) is 46.2 Å². The Labute approximate surface area is 215 Å². The highest BCUT2D eigenvalue weighted by Gasteiger charge is 2.33. The van der Waals surface area contributed by atoms with E-state index in [0.717, 1.165) is 48.1 Å². The Morgan fingerprint density at radius 1 is 1.00 bits per heavy atom. The van der Waals surface area contributed by atoms with E-state index < -0.39 is 0 Å². The van der Waals surface area contributed by atoms with Gasteiger partial charge < -0.3 is 9.47 Å². The highest BCUT2D eigenvalue weighted by molar-refractivity contribution is 8.26. The fourth-order valence-corrected chi connectivity index (χ4v) is 6.19. The van der Waals surface area contributed by atoms with Crippen LogP contribution in [0.1, 0.15) is 42.9 Å². The van der Waals surface area contributed by atoms with Crippen LogP contribution in [0.2, 0.25) is 0 Å². The number of para-hydroxylation sites is 1. The van der Waals surface area contributed by atoms with Gasteiger partial charge in [-0.15, -0.1) is 0 Å². The van der Waals surface area contributed by atoms with E-state index in [-0.39, 0.29) is 11.5 Å². The molecule has 3 aromatic rings. The van der Waals surface area contributed by atoms with E-state index >= 15 is 0 Å². The lowest BCUT2D eigenvalue weighted by Crippen LogP contribution is -2.33. The number of thiocarbonyl (C=S) groups is 1. The lowest BCUT2D eigenvalue weighted by molar-refractivity contribution is -0.122. The molecular weight excluding hydrogens is 474 g/mol. The fourth-order valence-electron chi connectivity index (χ4n) is 4.96. The number of aromatic nitrogens is 1. The Morgan fingerprint density at radius 2 is 1.71 bits per heavy atom. The van der Waals surface area contributed by atoms with Crippen LogP contribution in [0.25, 0.3) is 17.0 Å². The molecule has 1 amide bonds. The molecule has 0 aliphatic carbocycles. The summed E-state index contributed by atoms with van der Waals surface area (Å²) < 4.78 is 2.33. The summed E-state index contributed by atoms with van der Waals surface area (Å²) in [6.45, 7) is 6.84. The number of pyridine rings is 1. The van der Waals surface area contributed by atoms with Gasteiger partial charge in [-0.1, -0.05) is 72.0 Å². The number of hydrogen-bond acceptors (Lipinski definition) is 5. The summed E-state index contributed by atoms with van der Waals surface area (Å²) >= 11 is 6.87. The average molecular weight is 504 g/mol. The van der Waals surface area contributed by atoms with Crippen molar-refractivity contribution in [1.82, 2.24) is 9.47 Å². The molecule has 5 nitrogen and oxygen atoms in total. The van der Waals surface area contributed by atoms with E-state index in [1.807, 2.05) is 60.9 Å². The van der Waals surface area contributed by atoms with Crippen molar-refractivity contribution < 1.29 is 4.79 Å². The molecule has 5 rings (SSSR count). The standard InChI is InChI=1S/C28H29N3O2S2/c1-3-30-23-10-6-5-9-21(23)25(29-15-7-4-8-16-29)22(26(30)32)17-24-27(33)31(28(34)35-24)18-20-13-11-19(2)12-14-20/h5-6,9-14,17H,3-4,7-8,15-16,18H2,1-2H3. The second kappa shape index (κ2) is 9.99. The van der Waals surface area contributed by atoms with Gasteiger partial charge in [-0.2, -0.15) is 0 Å². The van der Waals surface area contributed by atoms with Gasteiger partial charge >= 0.3 is 0 Å². The van der Waals surface area contributed by atoms with E-state index in [2.05, 4.69) is 11.0 Å². The van der Waals surface area contributed by atoms with Crippen molar-refractivity contribution in [2.24, 2.45) is 0 Å². The predicted molar refractivity (Wildman–Crippen MR) is 150 cm³/mol. The number of fused-ring (bicyclic) bond motifs is 1. The zero-order valence-corrected chi connectivity index (χ0v) is 21.8. The molecule has 0 radical (unpaired) electrons. The number of piperidine rings is 1. The predicted octanol–water partition coefficient (Wildman–Crippen LogP) is 5.72. The monoisotopic (exact) mass is 503 g/mol. The average Bonchev–Trinajstić information content (AvgIpc) is 3.13. The minimum atomic E-state index is -0.138. The summed E-state index contributed by atoms with van der Waals surface area (Å²) in [6.07, 6.45) is 5.19. The van der Waals surface area contributed by atoms with Crippen LogP contribution in [0.3, 0.4) is 0 Å². The third-order valence-electron chi connectivity index (χ3n) is 6.78. The summed E-state index contributed by atoms with van der Waals surface area (Å²) in [5.74, 6) is -0.138. The lowest BCUT2D eigenvalue weighted by Gasteiger charge is -2.31. The van der Waals surface area contributed by atoms with Crippen molar-refractivity contribution >= 4 is 56.9 Å². The number of carbonyl (C=O) groups is 1. The maximum atomic E-state index is 13.8. The molecule has 0 saturated carbocycles. The molecule has 2 aliphatic heterocycles. The molecule has 2 saturated heterocycles. The highest BCUT2D eigenvalue weighted by atomic mass is 32.2. The van der Waals surface area contributed by atoms with Gasteiger partial charge in [-0.05, 0) is 50.8 Å². The Balaban J connectivity index is 1.61. The van der Waals surface area contributed by atoms with Crippen LogP contribution in [0.4, 0.5) is 5.69 Å². The molecule has 2 fully saturated rings. The van der Waals surface area contributed by atoms with Crippen molar-refractivity contribution in [3.8, 4) is 0 Å². The summed E-state index contributed by atoms with van der Waals surface area (Å²) in [6, 6.07) is 16.2. The minimum Gasteiger partial charge on any atom is -0.370 e. The maximum absolute atomic E-state index is 13.8. The zero-order chi connectivity index (χ0) is 24.5. The number of hydrogen-bond donors (Lipinski definition) is 0. The van der Waals surface area contributed by atoms with Crippen molar-refractivity contribution in [1.29, 1.82) is 0 Å². The largest absolute Gasteiger partial charge is 0.370 e. The third kappa shape index (κ3) is 4.55. The molecule has 0 spiro atoms. The smallest absolute Gasteiger partial charge is 0.266 e. The molecule has 0 bridgehead atoms. The van der Waals surface area contributed by atoms with Crippen molar-refractivity contribution in [2.75, 3.05) is 18.0 Å². The van der Waals surface area contributed by atoms with E-state index in [0.29, 0.717) is 27.9 Å². The molecule has 35 heavy (non-hydrogen) atoms. The van der Waals surface area contributed by atoms with Gasteiger partial charge in [0.25, 0.3) is 11.5 Å². The number of benzene rings is 2. The van der Waals surface area contributed by atoms with Crippen LogP contribution in [0, 0.1) is 6.92 Å². The van der Waals surface area contributed by atoms with Gasteiger partial charge in [-0.3, -0.25) is 14.5 Å². The molecule has 2 aromatic carbocycles. The summed E-state index contributed by atoms with van der Waals surface area (Å²) in [4.78, 5) is 31.7. The normalized spacial score (nSPS) is 17.7. The molecule has 0 unspecified atom stereocenters. The van der Waals surface area contributed by atoms with Crippen molar-refractivity contribution in [3.63, 3.8) is 0 Å². The molecule has 0 N–H and O–H groups in total. The Hall–Kier alpha value is -2.90. The molecule has 2 aliphatic rings. The van der Waals surface area contributed by atoms with E-state index in [9.17, 15) is 9.59 Å². The Kier molecular flexibility index (Phi) is 6.80. The number of thioether (sulfide) groups is 1. The summed E-state index contributed by atoms with van der Waals surface area (Å²) in [7, 11) is 0. The van der Waals surface area contributed by atoms with Crippen molar-refractivity contribution in [3.05, 3.63) is 80.5 Å². The zero-order valence-electron chi connectivity index (χ0n) is 20.1. The quantitative estimate of drug-likeness (QED) is 0.329. The molecule has 0 atom stereocenters. The second-order valence-electron chi connectivity index (χ2n) is 9.13. The van der Waals surface area contributed by atoms with Crippen LogP contribution in [0.5, 0.6) is 0 Å². The topological polar surface area (TPSA) is 45.6 Å². The molecule has 7 heteroatoms. The first-order valence-electron chi connectivity index (χ1n) is 12.2. The Morgan fingerprint density at radius 3 is 2.43 bits per heavy atom. The Bertz CT molecular complexity index is 1390. The van der Waals surface area contributed by atoms with E-state index in [4.69, 9.17) is 12.2 Å². The first kappa shape index (κ1) is 23.8. The lowest BCUT2D eigenvalue weighted by atomic mass is 10.0. The minimum absolute atomic E-state index is 0.0597. The van der Waals surface area contributed by atoms with E-state index in [1.165, 1.54) is 23.7 Å².